The predicted molar refractivity (Wildman–Crippen MR) is 118 cm³/mol. The Morgan fingerprint density at radius 2 is 1.45 bits per heavy atom. The molecule has 2 saturated heterocycles. The number of nitrogens with zero attached hydrogens (tertiary/aromatic N) is 2. The van der Waals surface area contributed by atoms with Gasteiger partial charge in [-0.05, 0) is 36.1 Å². The fourth-order valence-electron chi connectivity index (χ4n) is 4.81. The van der Waals surface area contributed by atoms with Crippen molar-refractivity contribution in [3.05, 3.63) is 23.3 Å². The number of morpholine rings is 1. The first-order valence-electron chi connectivity index (χ1n) is 10.1. The van der Waals surface area contributed by atoms with Gasteiger partial charge in [0.2, 0.25) is 0 Å². The molecule has 0 radical (unpaired) electrons. The topological polar surface area (TPSA) is 43.4 Å². The molecule has 1 spiro atoms. The van der Waals surface area contributed by atoms with Gasteiger partial charge in [-0.1, -0.05) is 0 Å². The van der Waals surface area contributed by atoms with E-state index in [0.717, 1.165) is 90.0 Å². The Morgan fingerprint density at radius 3 is 2.10 bits per heavy atom. The Bertz CT molecular complexity index is 650. The van der Waals surface area contributed by atoms with Crippen molar-refractivity contribution in [1.29, 1.82) is 0 Å². The lowest BCUT2D eigenvalue weighted by Crippen LogP contribution is -2.50. The molecule has 0 aliphatic carbocycles. The van der Waals surface area contributed by atoms with Crippen LogP contribution in [0.15, 0.2) is 12.1 Å². The molecule has 0 atom stereocenters. The smallest absolute Gasteiger partial charge is 0.161 e. The molecule has 0 amide bonds. The molecule has 3 aliphatic rings. The lowest BCUT2D eigenvalue weighted by atomic mass is 9.70. The Balaban J connectivity index is 0.00000150. The van der Waals surface area contributed by atoms with E-state index >= 15 is 0 Å². The summed E-state index contributed by atoms with van der Waals surface area (Å²) >= 11 is 0. The van der Waals surface area contributed by atoms with Crippen LogP contribution in [0.1, 0.15) is 24.0 Å². The number of fused-ring (bicyclic) bond motifs is 2. The van der Waals surface area contributed by atoms with Crippen LogP contribution in [0.25, 0.3) is 0 Å². The molecular formula is C21H34Cl2N2O4. The number of rotatable bonds is 5. The lowest BCUT2D eigenvalue weighted by molar-refractivity contribution is 0.0138. The molecule has 6 nitrogen and oxygen atoms in total. The van der Waals surface area contributed by atoms with Gasteiger partial charge in [-0.2, -0.15) is 0 Å². The van der Waals surface area contributed by atoms with E-state index in [4.69, 9.17) is 18.9 Å². The van der Waals surface area contributed by atoms with Crippen LogP contribution in [-0.4, -0.2) is 83.2 Å². The first-order chi connectivity index (χ1) is 13.2. The second-order valence-corrected chi connectivity index (χ2v) is 7.92. The molecule has 29 heavy (non-hydrogen) atoms. The quantitative estimate of drug-likeness (QED) is 0.689. The molecule has 0 saturated carbocycles. The van der Waals surface area contributed by atoms with Gasteiger partial charge in [0.1, 0.15) is 0 Å². The first-order valence-corrected chi connectivity index (χ1v) is 10.1. The van der Waals surface area contributed by atoms with Crippen LogP contribution in [-0.2, 0) is 21.4 Å². The third kappa shape index (κ3) is 5.30. The fraction of sp³-hybridized carbons (Fsp3) is 0.714. The van der Waals surface area contributed by atoms with Crippen LogP contribution in [0.4, 0.5) is 0 Å². The van der Waals surface area contributed by atoms with Gasteiger partial charge in [0, 0.05) is 57.9 Å². The largest absolute Gasteiger partial charge is 0.493 e. The average molecular weight is 449 g/mol. The van der Waals surface area contributed by atoms with E-state index in [1.807, 2.05) is 0 Å². The highest BCUT2D eigenvalue weighted by Crippen LogP contribution is 2.45. The van der Waals surface area contributed by atoms with Crippen molar-refractivity contribution in [2.45, 2.75) is 24.8 Å². The SMILES string of the molecule is COc1cc2c(cc1OC)C1(CCOCC1)CN(CCN1CCOCC1)C2.Cl.Cl. The highest BCUT2D eigenvalue weighted by Gasteiger charge is 2.41. The number of ether oxygens (including phenoxy) is 4. The normalized spacial score (nSPS) is 21.6. The van der Waals surface area contributed by atoms with Crippen molar-refractivity contribution in [3.63, 3.8) is 0 Å². The van der Waals surface area contributed by atoms with Crippen LogP contribution in [0, 0.1) is 0 Å². The molecule has 166 valence electrons. The van der Waals surface area contributed by atoms with Crippen molar-refractivity contribution in [2.24, 2.45) is 0 Å². The summed E-state index contributed by atoms with van der Waals surface area (Å²) in [4.78, 5) is 5.14. The van der Waals surface area contributed by atoms with Gasteiger partial charge < -0.3 is 18.9 Å². The number of hydrogen-bond donors (Lipinski definition) is 0. The zero-order valence-electron chi connectivity index (χ0n) is 17.5. The monoisotopic (exact) mass is 448 g/mol. The van der Waals surface area contributed by atoms with Gasteiger partial charge in [-0.25, -0.2) is 0 Å². The van der Waals surface area contributed by atoms with Crippen molar-refractivity contribution in [1.82, 2.24) is 9.80 Å². The summed E-state index contributed by atoms with van der Waals surface area (Å²) in [7, 11) is 3.44. The zero-order chi connectivity index (χ0) is 18.7. The molecule has 2 fully saturated rings. The average Bonchev–Trinajstić information content (AvgIpc) is 2.73. The van der Waals surface area contributed by atoms with Gasteiger partial charge in [0.15, 0.2) is 11.5 Å². The Hall–Kier alpha value is -0.760. The summed E-state index contributed by atoms with van der Waals surface area (Å²) < 4.78 is 22.4. The summed E-state index contributed by atoms with van der Waals surface area (Å²) in [5, 5.41) is 0. The summed E-state index contributed by atoms with van der Waals surface area (Å²) in [6.07, 6.45) is 2.15. The Labute approximate surface area is 186 Å². The van der Waals surface area contributed by atoms with Crippen molar-refractivity contribution in [3.8, 4) is 11.5 Å². The van der Waals surface area contributed by atoms with Crippen molar-refractivity contribution < 1.29 is 18.9 Å². The van der Waals surface area contributed by atoms with Gasteiger partial charge in [-0.15, -0.1) is 24.8 Å². The number of benzene rings is 1. The molecule has 0 unspecified atom stereocenters. The lowest BCUT2D eigenvalue weighted by Gasteiger charge is -2.47. The maximum Gasteiger partial charge on any atom is 0.161 e. The second kappa shape index (κ2) is 11.0. The van der Waals surface area contributed by atoms with E-state index in [9.17, 15) is 0 Å². The maximum atomic E-state index is 5.71. The molecule has 3 aliphatic heterocycles. The van der Waals surface area contributed by atoms with Crippen LogP contribution >= 0.6 is 24.8 Å². The molecule has 1 aromatic rings. The third-order valence-corrected chi connectivity index (χ3v) is 6.39. The van der Waals surface area contributed by atoms with E-state index in [1.54, 1.807) is 14.2 Å². The Morgan fingerprint density at radius 1 is 0.862 bits per heavy atom. The van der Waals surface area contributed by atoms with E-state index in [2.05, 4.69) is 21.9 Å². The number of halogens is 2. The van der Waals surface area contributed by atoms with Gasteiger partial charge in [0.25, 0.3) is 0 Å². The fourth-order valence-corrected chi connectivity index (χ4v) is 4.81. The molecule has 1 aromatic carbocycles. The minimum absolute atomic E-state index is 0. The number of hydrogen-bond acceptors (Lipinski definition) is 6. The van der Waals surface area contributed by atoms with Crippen LogP contribution in [0.3, 0.4) is 0 Å². The predicted octanol–water partition coefficient (Wildman–Crippen LogP) is 2.74. The highest BCUT2D eigenvalue weighted by atomic mass is 35.5. The van der Waals surface area contributed by atoms with Crippen LogP contribution in [0.2, 0.25) is 0 Å². The van der Waals surface area contributed by atoms with E-state index in [1.165, 1.54) is 11.1 Å². The highest BCUT2D eigenvalue weighted by molar-refractivity contribution is 5.85. The minimum atomic E-state index is 0. The number of methoxy groups -OCH3 is 2. The summed E-state index contributed by atoms with van der Waals surface area (Å²) in [6, 6.07) is 4.41. The molecule has 0 N–H and O–H groups in total. The Kier molecular flexibility index (Phi) is 9.32. The third-order valence-electron chi connectivity index (χ3n) is 6.39. The van der Waals surface area contributed by atoms with Crippen molar-refractivity contribution in [2.75, 3.05) is 73.4 Å². The molecule has 4 rings (SSSR count). The first kappa shape index (κ1) is 24.5. The molecular weight excluding hydrogens is 415 g/mol. The van der Waals surface area contributed by atoms with E-state index < -0.39 is 0 Å². The van der Waals surface area contributed by atoms with Crippen LogP contribution in [0.5, 0.6) is 11.5 Å². The maximum absolute atomic E-state index is 5.71. The van der Waals surface area contributed by atoms with Gasteiger partial charge in [-0.3, -0.25) is 9.80 Å². The van der Waals surface area contributed by atoms with Crippen LogP contribution < -0.4 is 9.47 Å². The zero-order valence-corrected chi connectivity index (χ0v) is 19.1. The van der Waals surface area contributed by atoms with E-state index in [0.29, 0.717) is 0 Å². The minimum Gasteiger partial charge on any atom is -0.493 e. The summed E-state index contributed by atoms with van der Waals surface area (Å²) in [6.45, 7) is 9.78. The van der Waals surface area contributed by atoms with Gasteiger partial charge >= 0.3 is 0 Å². The molecule has 0 aromatic heterocycles. The molecule has 3 heterocycles. The van der Waals surface area contributed by atoms with Crippen molar-refractivity contribution >= 4 is 24.8 Å². The second-order valence-electron chi connectivity index (χ2n) is 7.92. The summed E-state index contributed by atoms with van der Waals surface area (Å²) in [5.41, 5.74) is 2.98. The van der Waals surface area contributed by atoms with Gasteiger partial charge in [0.05, 0.1) is 27.4 Å². The summed E-state index contributed by atoms with van der Waals surface area (Å²) in [5.74, 6) is 1.66. The standard InChI is InChI=1S/C21H32N2O4.2ClH/c1-24-19-13-17-15-23(6-5-22-7-11-27-12-8-22)16-21(3-9-26-10-4-21)18(17)14-20(19)25-2;;/h13-14H,3-12,15-16H2,1-2H3;2*1H. The van der Waals surface area contributed by atoms with E-state index in [-0.39, 0.29) is 30.2 Å². The molecule has 8 heteroatoms. The molecule has 0 bridgehead atoms.